The average Bonchev–Trinajstić information content (AvgIpc) is 2.25. The van der Waals surface area contributed by atoms with Gasteiger partial charge in [0.2, 0.25) is 0 Å². The van der Waals surface area contributed by atoms with Crippen molar-refractivity contribution in [1.29, 1.82) is 0 Å². The first-order valence-corrected chi connectivity index (χ1v) is 6.21. The molecule has 0 bridgehead atoms. The van der Waals surface area contributed by atoms with Crippen LogP contribution in [0.25, 0.3) is 0 Å². The van der Waals surface area contributed by atoms with Crippen LogP contribution in [0.4, 0.5) is 0 Å². The van der Waals surface area contributed by atoms with E-state index in [1.165, 1.54) is 11.1 Å². The lowest BCUT2D eigenvalue weighted by Crippen LogP contribution is -2.24. The van der Waals surface area contributed by atoms with Crippen LogP contribution in [0.5, 0.6) is 0 Å². The Morgan fingerprint density at radius 1 is 1.18 bits per heavy atom. The summed E-state index contributed by atoms with van der Waals surface area (Å²) in [6.45, 7) is 9.53. The lowest BCUT2D eigenvalue weighted by Gasteiger charge is -2.25. The van der Waals surface area contributed by atoms with Gasteiger partial charge in [0.1, 0.15) is 0 Å². The molecule has 17 heavy (non-hydrogen) atoms. The standard InChI is InChI=1S/C15H25NO/c1-15(2,3)14-9-7-6-8-13(14)12-16(4)10-11-17-5/h6-9H,10-12H2,1-5H3. The number of likely N-dealkylation sites (N-methyl/N-ethyl adjacent to an activating group) is 1. The molecule has 2 heteroatoms. The molecule has 0 aromatic heterocycles. The molecule has 0 heterocycles. The van der Waals surface area contributed by atoms with E-state index in [-0.39, 0.29) is 5.41 Å². The Bertz CT molecular complexity index is 341. The molecule has 0 amide bonds. The van der Waals surface area contributed by atoms with E-state index in [1.54, 1.807) is 7.11 Å². The molecule has 0 atom stereocenters. The molecule has 0 saturated heterocycles. The molecule has 0 aliphatic rings. The minimum absolute atomic E-state index is 0.207. The predicted molar refractivity (Wildman–Crippen MR) is 73.4 cm³/mol. The van der Waals surface area contributed by atoms with Crippen molar-refractivity contribution < 1.29 is 4.74 Å². The Morgan fingerprint density at radius 2 is 1.82 bits per heavy atom. The maximum atomic E-state index is 5.11. The molecule has 0 aliphatic carbocycles. The van der Waals surface area contributed by atoms with Gasteiger partial charge in [0.15, 0.2) is 0 Å². The molecule has 1 aromatic rings. The molecule has 0 saturated carbocycles. The van der Waals surface area contributed by atoms with Gasteiger partial charge in [-0.2, -0.15) is 0 Å². The highest BCUT2D eigenvalue weighted by Gasteiger charge is 2.17. The van der Waals surface area contributed by atoms with Crippen molar-refractivity contribution in [3.63, 3.8) is 0 Å². The maximum absolute atomic E-state index is 5.11. The van der Waals surface area contributed by atoms with Crippen LogP contribution in [0.1, 0.15) is 31.9 Å². The lowest BCUT2D eigenvalue weighted by atomic mass is 9.83. The van der Waals surface area contributed by atoms with Crippen LogP contribution in [0.3, 0.4) is 0 Å². The maximum Gasteiger partial charge on any atom is 0.0589 e. The van der Waals surface area contributed by atoms with Gasteiger partial charge >= 0.3 is 0 Å². The van der Waals surface area contributed by atoms with Gasteiger partial charge in [-0.3, -0.25) is 4.90 Å². The zero-order chi connectivity index (χ0) is 12.9. The number of hydrogen-bond acceptors (Lipinski definition) is 2. The molecule has 0 unspecified atom stereocenters. The van der Waals surface area contributed by atoms with Crippen molar-refractivity contribution in [2.24, 2.45) is 0 Å². The SMILES string of the molecule is COCCN(C)Cc1ccccc1C(C)(C)C. The summed E-state index contributed by atoms with van der Waals surface area (Å²) in [4.78, 5) is 2.30. The number of benzene rings is 1. The second kappa shape index (κ2) is 6.18. The van der Waals surface area contributed by atoms with Crippen LogP contribution in [-0.4, -0.2) is 32.2 Å². The molecule has 1 rings (SSSR count). The molecule has 0 aliphatic heterocycles. The van der Waals surface area contributed by atoms with E-state index in [0.717, 1.165) is 19.7 Å². The summed E-state index contributed by atoms with van der Waals surface area (Å²) >= 11 is 0. The summed E-state index contributed by atoms with van der Waals surface area (Å²) in [5.41, 5.74) is 3.06. The van der Waals surface area contributed by atoms with Crippen LogP contribution >= 0.6 is 0 Å². The molecule has 1 aromatic carbocycles. The Morgan fingerprint density at radius 3 is 2.41 bits per heavy atom. The van der Waals surface area contributed by atoms with E-state index in [2.05, 4.69) is 57.0 Å². The van der Waals surface area contributed by atoms with E-state index in [9.17, 15) is 0 Å². The zero-order valence-electron chi connectivity index (χ0n) is 11.8. The summed E-state index contributed by atoms with van der Waals surface area (Å²) in [6, 6.07) is 8.71. The van der Waals surface area contributed by atoms with E-state index in [4.69, 9.17) is 4.74 Å². The molecule has 2 nitrogen and oxygen atoms in total. The highest BCUT2D eigenvalue weighted by atomic mass is 16.5. The number of methoxy groups -OCH3 is 1. The van der Waals surface area contributed by atoms with Crippen molar-refractivity contribution in [3.8, 4) is 0 Å². The van der Waals surface area contributed by atoms with Crippen molar-refractivity contribution in [1.82, 2.24) is 4.90 Å². The zero-order valence-corrected chi connectivity index (χ0v) is 11.8. The lowest BCUT2D eigenvalue weighted by molar-refractivity contribution is 0.158. The van der Waals surface area contributed by atoms with E-state index in [0.29, 0.717) is 0 Å². The molecule has 0 radical (unpaired) electrons. The number of nitrogens with zero attached hydrogens (tertiary/aromatic N) is 1. The second-order valence-corrected chi connectivity index (χ2v) is 5.64. The molecule has 0 N–H and O–H groups in total. The van der Waals surface area contributed by atoms with Gasteiger partial charge < -0.3 is 4.74 Å². The first-order valence-electron chi connectivity index (χ1n) is 6.21. The van der Waals surface area contributed by atoms with Gasteiger partial charge in [-0.15, -0.1) is 0 Å². The monoisotopic (exact) mass is 235 g/mol. The van der Waals surface area contributed by atoms with Gasteiger partial charge in [0.05, 0.1) is 6.61 Å². The van der Waals surface area contributed by atoms with Gasteiger partial charge in [0, 0.05) is 20.2 Å². The van der Waals surface area contributed by atoms with Gasteiger partial charge in [-0.25, -0.2) is 0 Å². The van der Waals surface area contributed by atoms with Gasteiger partial charge in [0.25, 0.3) is 0 Å². The van der Waals surface area contributed by atoms with Gasteiger partial charge in [-0.05, 0) is 23.6 Å². The van der Waals surface area contributed by atoms with E-state index < -0.39 is 0 Å². The average molecular weight is 235 g/mol. The summed E-state index contributed by atoms with van der Waals surface area (Å²) in [5, 5.41) is 0. The molecule has 0 fully saturated rings. The first kappa shape index (κ1) is 14.2. The molecular weight excluding hydrogens is 210 g/mol. The number of rotatable bonds is 5. The highest BCUT2D eigenvalue weighted by Crippen LogP contribution is 2.26. The second-order valence-electron chi connectivity index (χ2n) is 5.64. The molecular formula is C15H25NO. The van der Waals surface area contributed by atoms with Crippen molar-refractivity contribution in [2.45, 2.75) is 32.7 Å². The summed E-state index contributed by atoms with van der Waals surface area (Å²) in [7, 11) is 3.88. The Labute approximate surface area is 106 Å². The topological polar surface area (TPSA) is 12.5 Å². The summed E-state index contributed by atoms with van der Waals surface area (Å²) in [5.74, 6) is 0. The Kier molecular flexibility index (Phi) is 5.16. The quantitative estimate of drug-likeness (QED) is 0.777. The molecule has 0 spiro atoms. The normalized spacial score (nSPS) is 12.1. The number of hydrogen-bond donors (Lipinski definition) is 0. The third-order valence-electron chi connectivity index (χ3n) is 2.94. The smallest absolute Gasteiger partial charge is 0.0589 e. The molecule has 96 valence electrons. The predicted octanol–water partition coefficient (Wildman–Crippen LogP) is 3.06. The fourth-order valence-corrected chi connectivity index (χ4v) is 2.01. The van der Waals surface area contributed by atoms with Crippen LogP contribution in [0, 0.1) is 0 Å². The largest absolute Gasteiger partial charge is 0.383 e. The van der Waals surface area contributed by atoms with Crippen LogP contribution < -0.4 is 0 Å². The third kappa shape index (κ3) is 4.49. The third-order valence-corrected chi connectivity index (χ3v) is 2.94. The number of ether oxygens (including phenoxy) is 1. The van der Waals surface area contributed by atoms with Crippen molar-refractivity contribution in [2.75, 3.05) is 27.3 Å². The minimum atomic E-state index is 0.207. The highest BCUT2D eigenvalue weighted by molar-refractivity contribution is 5.32. The fourth-order valence-electron chi connectivity index (χ4n) is 2.01. The first-order chi connectivity index (χ1) is 7.95. The van der Waals surface area contributed by atoms with E-state index >= 15 is 0 Å². The Balaban J connectivity index is 2.77. The van der Waals surface area contributed by atoms with Gasteiger partial charge in [-0.1, -0.05) is 45.0 Å². The van der Waals surface area contributed by atoms with Crippen LogP contribution in [0.15, 0.2) is 24.3 Å². The van der Waals surface area contributed by atoms with Crippen molar-refractivity contribution in [3.05, 3.63) is 35.4 Å². The fraction of sp³-hybridized carbons (Fsp3) is 0.600. The van der Waals surface area contributed by atoms with Crippen LogP contribution in [-0.2, 0) is 16.7 Å². The van der Waals surface area contributed by atoms with E-state index in [1.807, 2.05) is 0 Å². The van der Waals surface area contributed by atoms with Crippen molar-refractivity contribution >= 4 is 0 Å². The summed E-state index contributed by atoms with van der Waals surface area (Å²) in [6.07, 6.45) is 0. The summed E-state index contributed by atoms with van der Waals surface area (Å²) < 4.78 is 5.11. The van der Waals surface area contributed by atoms with Crippen LogP contribution in [0.2, 0.25) is 0 Å². The Hall–Kier alpha value is -0.860. The minimum Gasteiger partial charge on any atom is -0.383 e.